The zero-order chi connectivity index (χ0) is 22.1. The van der Waals surface area contributed by atoms with Crippen LogP contribution < -0.4 is 5.32 Å². The number of halogens is 1. The van der Waals surface area contributed by atoms with Gasteiger partial charge >= 0.3 is 12.1 Å². The standard InChI is InChI=1S/C21H22BrNO6S/c1-13(24)14-4-7-16(8-5-14)23-21(27)29-19(3-2-10-28-20(26)12-30)17-11-15(22)6-9-18(17)25/h4-9,11,19,25,30H,2-3,10,12H2,1H3,(H,23,27)/t19-/m1/s1. The second kappa shape index (κ2) is 11.6. The number of Topliss-reactive ketones (excluding diaryl/α,β-unsaturated/α-hetero) is 1. The lowest BCUT2D eigenvalue weighted by atomic mass is 10.0. The third kappa shape index (κ3) is 7.38. The van der Waals surface area contributed by atoms with Crippen LogP contribution in [-0.4, -0.2) is 35.3 Å². The number of hydrogen-bond acceptors (Lipinski definition) is 7. The van der Waals surface area contributed by atoms with Crippen molar-refractivity contribution < 1.29 is 29.0 Å². The van der Waals surface area contributed by atoms with E-state index in [1.54, 1.807) is 36.4 Å². The molecule has 2 aromatic rings. The zero-order valence-electron chi connectivity index (χ0n) is 16.3. The van der Waals surface area contributed by atoms with Crippen LogP contribution in [0.1, 0.15) is 41.8 Å². The Morgan fingerprint density at radius 2 is 1.87 bits per heavy atom. The smallest absolute Gasteiger partial charge is 0.412 e. The summed E-state index contributed by atoms with van der Waals surface area (Å²) in [6.45, 7) is 1.60. The fraction of sp³-hybridized carbons (Fsp3) is 0.286. The number of carbonyl (C=O) groups is 3. The fourth-order valence-electron chi connectivity index (χ4n) is 2.63. The second-order valence-corrected chi connectivity index (χ2v) is 7.61. The molecular weight excluding hydrogens is 474 g/mol. The van der Waals surface area contributed by atoms with Crippen molar-refractivity contribution in [3.63, 3.8) is 0 Å². The van der Waals surface area contributed by atoms with E-state index in [0.717, 1.165) is 0 Å². The molecular formula is C21H22BrNO6S. The van der Waals surface area contributed by atoms with E-state index in [9.17, 15) is 19.5 Å². The molecule has 1 atom stereocenters. The van der Waals surface area contributed by atoms with Gasteiger partial charge in [-0.25, -0.2) is 4.79 Å². The molecule has 0 unspecified atom stereocenters. The van der Waals surface area contributed by atoms with Crippen LogP contribution >= 0.6 is 28.6 Å². The number of benzene rings is 2. The van der Waals surface area contributed by atoms with Crippen molar-refractivity contribution in [2.45, 2.75) is 25.9 Å². The van der Waals surface area contributed by atoms with Gasteiger partial charge in [0.1, 0.15) is 11.9 Å². The summed E-state index contributed by atoms with van der Waals surface area (Å²) < 4.78 is 11.2. The highest BCUT2D eigenvalue weighted by Gasteiger charge is 2.21. The Hall–Kier alpha value is -2.52. The minimum absolute atomic E-state index is 0.0167. The normalized spacial score (nSPS) is 11.4. The van der Waals surface area contributed by atoms with Gasteiger partial charge in [-0.15, -0.1) is 0 Å². The lowest BCUT2D eigenvalue weighted by Gasteiger charge is -2.20. The summed E-state index contributed by atoms with van der Waals surface area (Å²) in [7, 11) is 0. The van der Waals surface area contributed by atoms with Crippen LogP contribution in [0.5, 0.6) is 5.75 Å². The highest BCUT2D eigenvalue weighted by molar-refractivity contribution is 9.10. The van der Waals surface area contributed by atoms with Gasteiger partial charge in [0.2, 0.25) is 0 Å². The molecule has 2 N–H and O–H groups in total. The first-order chi connectivity index (χ1) is 14.3. The lowest BCUT2D eigenvalue weighted by molar-refractivity contribution is -0.140. The molecule has 9 heteroatoms. The number of phenolic OH excluding ortho intramolecular Hbond substituents is 1. The molecule has 2 rings (SSSR count). The van der Waals surface area contributed by atoms with Crippen LogP contribution in [0.25, 0.3) is 0 Å². The minimum Gasteiger partial charge on any atom is -0.508 e. The lowest BCUT2D eigenvalue weighted by Crippen LogP contribution is -2.18. The average Bonchev–Trinajstić information content (AvgIpc) is 2.72. The van der Waals surface area contributed by atoms with Gasteiger partial charge in [-0.2, -0.15) is 12.6 Å². The van der Waals surface area contributed by atoms with E-state index >= 15 is 0 Å². The van der Waals surface area contributed by atoms with E-state index in [0.29, 0.717) is 34.1 Å². The molecule has 0 saturated heterocycles. The summed E-state index contributed by atoms with van der Waals surface area (Å²) >= 11 is 7.18. The first kappa shape index (κ1) is 23.8. The van der Waals surface area contributed by atoms with Crippen LogP contribution in [0, 0.1) is 0 Å². The maximum Gasteiger partial charge on any atom is 0.412 e. The second-order valence-electron chi connectivity index (χ2n) is 6.38. The minimum atomic E-state index is -0.770. The number of phenols is 1. The molecule has 0 aliphatic carbocycles. The summed E-state index contributed by atoms with van der Waals surface area (Å²) in [6, 6.07) is 11.2. The summed E-state index contributed by atoms with van der Waals surface area (Å²) in [5, 5.41) is 12.8. The zero-order valence-corrected chi connectivity index (χ0v) is 18.7. The van der Waals surface area contributed by atoms with Gasteiger partial charge in [-0.1, -0.05) is 15.9 Å². The molecule has 2 aromatic carbocycles. The number of hydrogen-bond donors (Lipinski definition) is 3. The molecule has 0 radical (unpaired) electrons. The number of carbonyl (C=O) groups excluding carboxylic acids is 3. The number of anilines is 1. The first-order valence-electron chi connectivity index (χ1n) is 9.13. The topological polar surface area (TPSA) is 102 Å². The van der Waals surface area contributed by atoms with Crippen molar-refractivity contribution in [1.82, 2.24) is 0 Å². The number of thiol groups is 1. The maximum atomic E-state index is 12.4. The Balaban J connectivity index is 2.07. The molecule has 0 spiro atoms. The molecule has 30 heavy (non-hydrogen) atoms. The molecule has 0 aliphatic heterocycles. The molecule has 7 nitrogen and oxygen atoms in total. The highest BCUT2D eigenvalue weighted by Crippen LogP contribution is 2.33. The summed E-state index contributed by atoms with van der Waals surface area (Å²) in [6.07, 6.45) is -0.756. The number of ketones is 1. The largest absolute Gasteiger partial charge is 0.508 e. The number of nitrogens with one attached hydrogen (secondary N) is 1. The number of amides is 1. The predicted octanol–water partition coefficient (Wildman–Crippen LogP) is 4.90. The maximum absolute atomic E-state index is 12.4. The van der Waals surface area contributed by atoms with E-state index < -0.39 is 18.2 Å². The number of ether oxygens (including phenoxy) is 2. The SMILES string of the molecule is CC(=O)c1ccc(NC(=O)O[C@H](CCCOC(=O)CS)c2cc(Br)ccc2O)cc1. The van der Waals surface area contributed by atoms with E-state index in [1.807, 2.05) is 0 Å². The quantitative estimate of drug-likeness (QED) is 0.198. The van der Waals surface area contributed by atoms with Gasteiger partial charge in [0, 0.05) is 21.3 Å². The van der Waals surface area contributed by atoms with Crippen LogP contribution in [0.15, 0.2) is 46.9 Å². The number of rotatable bonds is 9. The number of esters is 1. The first-order valence-corrected chi connectivity index (χ1v) is 10.6. The van der Waals surface area contributed by atoms with E-state index in [-0.39, 0.29) is 23.9 Å². The van der Waals surface area contributed by atoms with Crippen molar-refractivity contribution in [3.8, 4) is 5.75 Å². The Morgan fingerprint density at radius 1 is 1.17 bits per heavy atom. The average molecular weight is 496 g/mol. The monoisotopic (exact) mass is 495 g/mol. The Labute approximate surface area is 188 Å². The summed E-state index contributed by atoms with van der Waals surface area (Å²) in [4.78, 5) is 35.0. The van der Waals surface area contributed by atoms with Crippen molar-refractivity contribution >= 4 is 52.1 Å². The van der Waals surface area contributed by atoms with Gasteiger partial charge in [0.25, 0.3) is 0 Å². The molecule has 0 bridgehead atoms. The summed E-state index contributed by atoms with van der Waals surface area (Å²) in [5.74, 6) is -0.549. The third-order valence-corrected chi connectivity index (χ3v) is 4.88. The van der Waals surface area contributed by atoms with Crippen molar-refractivity contribution in [3.05, 3.63) is 58.1 Å². The Kier molecular flexibility index (Phi) is 9.19. The predicted molar refractivity (Wildman–Crippen MR) is 119 cm³/mol. The Morgan fingerprint density at radius 3 is 2.50 bits per heavy atom. The van der Waals surface area contributed by atoms with E-state index in [4.69, 9.17) is 9.47 Å². The van der Waals surface area contributed by atoms with Crippen LogP contribution in [0.3, 0.4) is 0 Å². The van der Waals surface area contributed by atoms with Gasteiger partial charge in [0.05, 0.1) is 12.4 Å². The summed E-state index contributed by atoms with van der Waals surface area (Å²) in [5.41, 5.74) is 1.42. The molecule has 0 fully saturated rings. The van der Waals surface area contributed by atoms with Crippen LogP contribution in [0.4, 0.5) is 10.5 Å². The van der Waals surface area contributed by atoms with E-state index in [2.05, 4.69) is 33.9 Å². The van der Waals surface area contributed by atoms with E-state index in [1.165, 1.54) is 13.0 Å². The van der Waals surface area contributed by atoms with Crippen molar-refractivity contribution in [2.24, 2.45) is 0 Å². The molecule has 0 heterocycles. The van der Waals surface area contributed by atoms with Gasteiger partial charge in [0.15, 0.2) is 5.78 Å². The molecule has 0 aromatic heterocycles. The van der Waals surface area contributed by atoms with Crippen molar-refractivity contribution in [1.29, 1.82) is 0 Å². The molecule has 0 aliphatic rings. The van der Waals surface area contributed by atoms with Crippen molar-refractivity contribution in [2.75, 3.05) is 17.7 Å². The number of aromatic hydroxyl groups is 1. The van der Waals surface area contributed by atoms with Gasteiger partial charge in [-0.05, 0) is 62.2 Å². The van der Waals surface area contributed by atoms with Crippen LogP contribution in [0.2, 0.25) is 0 Å². The third-order valence-electron chi connectivity index (χ3n) is 4.13. The Bertz CT molecular complexity index is 903. The fourth-order valence-corrected chi connectivity index (χ4v) is 3.10. The van der Waals surface area contributed by atoms with Gasteiger partial charge < -0.3 is 14.6 Å². The molecule has 1 amide bonds. The van der Waals surface area contributed by atoms with Gasteiger partial charge in [-0.3, -0.25) is 14.9 Å². The highest BCUT2D eigenvalue weighted by atomic mass is 79.9. The van der Waals surface area contributed by atoms with Crippen LogP contribution in [-0.2, 0) is 14.3 Å². The molecule has 0 saturated carbocycles. The molecule has 160 valence electrons.